The molecule has 1 rings (SSSR count). The highest BCUT2D eigenvalue weighted by Gasteiger charge is 2.15. The second kappa shape index (κ2) is 7.88. The number of ether oxygens (including phenoxy) is 2. The zero-order chi connectivity index (χ0) is 15.9. The molecule has 118 valence electrons. The molecule has 0 atom stereocenters. The summed E-state index contributed by atoms with van der Waals surface area (Å²) in [5.41, 5.74) is 0.966. The predicted molar refractivity (Wildman–Crippen MR) is 83.8 cm³/mol. The van der Waals surface area contributed by atoms with Gasteiger partial charge in [0.15, 0.2) is 18.1 Å². The summed E-state index contributed by atoms with van der Waals surface area (Å²) in [5, 5.41) is 6.12. The minimum absolute atomic E-state index is 0.0000673. The van der Waals surface area contributed by atoms with Gasteiger partial charge in [-0.1, -0.05) is 12.1 Å². The van der Waals surface area contributed by atoms with Crippen molar-refractivity contribution in [1.82, 2.24) is 10.6 Å². The maximum atomic E-state index is 11.6. The number of nitrogens with one attached hydrogen (secondary N) is 2. The third-order valence-corrected chi connectivity index (χ3v) is 2.81. The minimum Gasteiger partial charge on any atom is -0.493 e. The van der Waals surface area contributed by atoms with E-state index in [-0.39, 0.29) is 18.1 Å². The lowest BCUT2D eigenvalue weighted by atomic mass is 10.1. The first-order valence-electron chi connectivity index (χ1n) is 7.17. The SMILES string of the molecule is CCNC(=O)COc1c(CNC(C)(C)C)cccc1OC. The van der Waals surface area contributed by atoms with E-state index in [0.717, 1.165) is 5.56 Å². The van der Waals surface area contributed by atoms with Gasteiger partial charge in [-0.2, -0.15) is 0 Å². The molecule has 1 aromatic carbocycles. The number of methoxy groups -OCH3 is 1. The lowest BCUT2D eigenvalue weighted by molar-refractivity contribution is -0.123. The first-order chi connectivity index (χ1) is 9.87. The van der Waals surface area contributed by atoms with Crippen molar-refractivity contribution < 1.29 is 14.3 Å². The van der Waals surface area contributed by atoms with E-state index in [1.165, 1.54) is 0 Å². The summed E-state index contributed by atoms with van der Waals surface area (Å²) in [6.07, 6.45) is 0. The van der Waals surface area contributed by atoms with E-state index in [9.17, 15) is 4.79 Å². The number of para-hydroxylation sites is 1. The second-order valence-corrected chi connectivity index (χ2v) is 5.79. The number of hydrogen-bond acceptors (Lipinski definition) is 4. The van der Waals surface area contributed by atoms with Crippen LogP contribution < -0.4 is 20.1 Å². The van der Waals surface area contributed by atoms with Crippen molar-refractivity contribution in [3.8, 4) is 11.5 Å². The molecule has 0 fully saturated rings. The van der Waals surface area contributed by atoms with Crippen LogP contribution in [0, 0.1) is 0 Å². The molecule has 0 saturated carbocycles. The van der Waals surface area contributed by atoms with Crippen LogP contribution in [-0.2, 0) is 11.3 Å². The molecule has 0 radical (unpaired) electrons. The third kappa shape index (κ3) is 6.04. The zero-order valence-electron chi connectivity index (χ0n) is 13.6. The van der Waals surface area contributed by atoms with E-state index in [1.54, 1.807) is 7.11 Å². The number of benzene rings is 1. The van der Waals surface area contributed by atoms with Gasteiger partial charge in [-0.05, 0) is 33.8 Å². The Morgan fingerprint density at radius 1 is 1.29 bits per heavy atom. The standard InChI is InChI=1S/C16H26N2O3/c1-6-17-14(19)11-21-15-12(10-18-16(2,3)4)8-7-9-13(15)20-5/h7-9,18H,6,10-11H2,1-5H3,(H,17,19). The smallest absolute Gasteiger partial charge is 0.257 e. The Kier molecular flexibility index (Phi) is 6.49. The van der Waals surface area contributed by atoms with E-state index in [0.29, 0.717) is 24.6 Å². The van der Waals surface area contributed by atoms with Crippen molar-refractivity contribution >= 4 is 5.91 Å². The quantitative estimate of drug-likeness (QED) is 0.808. The van der Waals surface area contributed by atoms with Gasteiger partial charge >= 0.3 is 0 Å². The Bertz CT molecular complexity index is 467. The molecule has 21 heavy (non-hydrogen) atoms. The van der Waals surface area contributed by atoms with Crippen LogP contribution in [-0.4, -0.2) is 31.7 Å². The zero-order valence-corrected chi connectivity index (χ0v) is 13.6. The first kappa shape index (κ1) is 17.3. The normalized spacial score (nSPS) is 11.1. The number of rotatable bonds is 7. The highest BCUT2D eigenvalue weighted by Crippen LogP contribution is 2.31. The molecule has 0 aromatic heterocycles. The van der Waals surface area contributed by atoms with Gasteiger partial charge < -0.3 is 20.1 Å². The summed E-state index contributed by atoms with van der Waals surface area (Å²) in [7, 11) is 1.59. The summed E-state index contributed by atoms with van der Waals surface area (Å²) >= 11 is 0. The van der Waals surface area contributed by atoms with Crippen LogP contribution in [0.3, 0.4) is 0 Å². The van der Waals surface area contributed by atoms with Gasteiger partial charge in [0, 0.05) is 24.2 Å². The van der Waals surface area contributed by atoms with E-state index < -0.39 is 0 Å². The van der Waals surface area contributed by atoms with Crippen LogP contribution >= 0.6 is 0 Å². The van der Waals surface area contributed by atoms with Crippen molar-refractivity contribution in [2.75, 3.05) is 20.3 Å². The molecule has 0 spiro atoms. The molecule has 2 N–H and O–H groups in total. The number of amides is 1. The van der Waals surface area contributed by atoms with E-state index >= 15 is 0 Å². The Balaban J connectivity index is 2.84. The van der Waals surface area contributed by atoms with Gasteiger partial charge in [0.05, 0.1) is 7.11 Å². The average Bonchev–Trinajstić information content (AvgIpc) is 2.42. The van der Waals surface area contributed by atoms with Crippen LogP contribution in [0.1, 0.15) is 33.3 Å². The molecule has 0 aliphatic rings. The molecule has 0 aliphatic heterocycles. The van der Waals surface area contributed by atoms with Crippen molar-refractivity contribution in [3.05, 3.63) is 23.8 Å². The fourth-order valence-electron chi connectivity index (χ4n) is 1.77. The van der Waals surface area contributed by atoms with Crippen LogP contribution in [0.25, 0.3) is 0 Å². The van der Waals surface area contributed by atoms with E-state index in [2.05, 4.69) is 31.4 Å². The van der Waals surface area contributed by atoms with Gasteiger partial charge in [-0.15, -0.1) is 0 Å². The van der Waals surface area contributed by atoms with Crippen molar-refractivity contribution in [2.45, 2.75) is 39.8 Å². The van der Waals surface area contributed by atoms with Gasteiger partial charge in [-0.25, -0.2) is 0 Å². The number of likely N-dealkylation sites (N-methyl/N-ethyl adjacent to an activating group) is 1. The van der Waals surface area contributed by atoms with Crippen LogP contribution in [0.4, 0.5) is 0 Å². The number of carbonyl (C=O) groups excluding carboxylic acids is 1. The molecule has 1 aromatic rings. The van der Waals surface area contributed by atoms with Crippen LogP contribution in [0.5, 0.6) is 11.5 Å². The van der Waals surface area contributed by atoms with E-state index in [4.69, 9.17) is 9.47 Å². The highest BCUT2D eigenvalue weighted by atomic mass is 16.5. The molecule has 0 heterocycles. The van der Waals surface area contributed by atoms with Crippen molar-refractivity contribution in [1.29, 1.82) is 0 Å². The van der Waals surface area contributed by atoms with Gasteiger partial charge in [0.1, 0.15) is 0 Å². The summed E-state index contributed by atoms with van der Waals surface area (Å²) in [5.74, 6) is 1.11. The highest BCUT2D eigenvalue weighted by molar-refractivity contribution is 5.77. The second-order valence-electron chi connectivity index (χ2n) is 5.79. The summed E-state index contributed by atoms with van der Waals surface area (Å²) in [6.45, 7) is 9.39. The number of hydrogen-bond donors (Lipinski definition) is 2. The molecule has 5 heteroatoms. The third-order valence-electron chi connectivity index (χ3n) is 2.81. The van der Waals surface area contributed by atoms with Gasteiger partial charge in [0.25, 0.3) is 5.91 Å². The van der Waals surface area contributed by atoms with Crippen molar-refractivity contribution in [3.63, 3.8) is 0 Å². The van der Waals surface area contributed by atoms with E-state index in [1.807, 2.05) is 25.1 Å². The first-order valence-corrected chi connectivity index (χ1v) is 7.17. The molecule has 0 bridgehead atoms. The Morgan fingerprint density at radius 2 is 2.00 bits per heavy atom. The lowest BCUT2D eigenvalue weighted by Crippen LogP contribution is -2.35. The Morgan fingerprint density at radius 3 is 2.57 bits per heavy atom. The molecule has 0 saturated heterocycles. The minimum atomic E-state index is -0.141. The number of carbonyl (C=O) groups is 1. The fourth-order valence-corrected chi connectivity index (χ4v) is 1.77. The monoisotopic (exact) mass is 294 g/mol. The largest absolute Gasteiger partial charge is 0.493 e. The summed E-state index contributed by atoms with van der Waals surface area (Å²) in [6, 6.07) is 5.71. The van der Waals surface area contributed by atoms with Crippen LogP contribution in [0.2, 0.25) is 0 Å². The molecule has 5 nitrogen and oxygen atoms in total. The summed E-state index contributed by atoms with van der Waals surface area (Å²) in [4.78, 5) is 11.6. The molecular weight excluding hydrogens is 268 g/mol. The molecule has 1 amide bonds. The van der Waals surface area contributed by atoms with Crippen LogP contribution in [0.15, 0.2) is 18.2 Å². The topological polar surface area (TPSA) is 59.6 Å². The fraction of sp³-hybridized carbons (Fsp3) is 0.562. The predicted octanol–water partition coefficient (Wildman–Crippen LogP) is 2.10. The van der Waals surface area contributed by atoms with Crippen molar-refractivity contribution in [2.24, 2.45) is 0 Å². The Labute approximate surface area is 127 Å². The Hall–Kier alpha value is -1.75. The molecule has 0 unspecified atom stereocenters. The molecular formula is C16H26N2O3. The lowest BCUT2D eigenvalue weighted by Gasteiger charge is -2.22. The summed E-state index contributed by atoms with van der Waals surface area (Å²) < 4.78 is 11.0. The van der Waals surface area contributed by atoms with Gasteiger partial charge in [-0.3, -0.25) is 4.79 Å². The van der Waals surface area contributed by atoms with Gasteiger partial charge in [0.2, 0.25) is 0 Å². The maximum Gasteiger partial charge on any atom is 0.257 e. The maximum absolute atomic E-state index is 11.6. The molecule has 0 aliphatic carbocycles. The average molecular weight is 294 g/mol.